The van der Waals surface area contributed by atoms with Gasteiger partial charge in [0.1, 0.15) is 6.26 Å². The highest BCUT2D eigenvalue weighted by molar-refractivity contribution is 8.00. The van der Waals surface area contributed by atoms with Crippen molar-refractivity contribution in [1.82, 2.24) is 10.5 Å². The van der Waals surface area contributed by atoms with Crippen LogP contribution in [0.1, 0.15) is 24.6 Å². The van der Waals surface area contributed by atoms with E-state index >= 15 is 0 Å². The van der Waals surface area contributed by atoms with Gasteiger partial charge in [-0.1, -0.05) is 12.1 Å². The van der Waals surface area contributed by atoms with Crippen molar-refractivity contribution < 1.29 is 4.52 Å². The van der Waals surface area contributed by atoms with Crippen molar-refractivity contribution in [2.45, 2.75) is 38.1 Å². The van der Waals surface area contributed by atoms with Crippen molar-refractivity contribution in [1.29, 1.82) is 0 Å². The maximum atomic E-state index is 4.89. The molecule has 1 aliphatic rings. The zero-order chi connectivity index (χ0) is 9.97. The molecule has 2 atom stereocenters. The van der Waals surface area contributed by atoms with E-state index in [4.69, 9.17) is 4.52 Å². The molecular formula is C10H16N2OS. The van der Waals surface area contributed by atoms with E-state index in [1.54, 1.807) is 6.26 Å². The van der Waals surface area contributed by atoms with E-state index < -0.39 is 0 Å². The summed E-state index contributed by atoms with van der Waals surface area (Å²) in [4.78, 5) is 0. The third-order valence-electron chi connectivity index (χ3n) is 2.78. The molecule has 0 saturated carbocycles. The Morgan fingerprint density at radius 1 is 1.71 bits per heavy atom. The Morgan fingerprint density at radius 3 is 3.14 bits per heavy atom. The maximum absolute atomic E-state index is 4.89. The third kappa shape index (κ3) is 2.12. The Morgan fingerprint density at radius 2 is 2.57 bits per heavy atom. The van der Waals surface area contributed by atoms with Gasteiger partial charge in [0.2, 0.25) is 0 Å². The molecule has 1 saturated heterocycles. The van der Waals surface area contributed by atoms with Crippen LogP contribution in [0.5, 0.6) is 0 Å². The third-order valence-corrected chi connectivity index (χ3v) is 4.11. The van der Waals surface area contributed by atoms with Crippen LogP contribution in [0.2, 0.25) is 0 Å². The Kier molecular flexibility index (Phi) is 3.13. The normalized spacial score (nSPS) is 27.0. The molecule has 0 amide bonds. The molecule has 1 aromatic rings. The van der Waals surface area contributed by atoms with Crippen molar-refractivity contribution in [3.63, 3.8) is 0 Å². The summed E-state index contributed by atoms with van der Waals surface area (Å²) >= 11 is 2.05. The van der Waals surface area contributed by atoms with Gasteiger partial charge in [0, 0.05) is 23.4 Å². The van der Waals surface area contributed by atoms with Gasteiger partial charge in [-0.3, -0.25) is 0 Å². The summed E-state index contributed by atoms with van der Waals surface area (Å²) < 4.78 is 4.89. The monoisotopic (exact) mass is 212 g/mol. The fourth-order valence-corrected chi connectivity index (χ4v) is 2.95. The van der Waals surface area contributed by atoms with Gasteiger partial charge < -0.3 is 9.84 Å². The molecule has 1 N–H and O–H groups in total. The fourth-order valence-electron chi connectivity index (χ4n) is 1.72. The van der Waals surface area contributed by atoms with E-state index in [0.717, 1.165) is 17.5 Å². The van der Waals surface area contributed by atoms with Crippen LogP contribution in [0.4, 0.5) is 0 Å². The summed E-state index contributed by atoms with van der Waals surface area (Å²) in [7, 11) is 0. The lowest BCUT2D eigenvalue weighted by atomic mass is 10.1. The second-order valence-electron chi connectivity index (χ2n) is 3.78. The van der Waals surface area contributed by atoms with Gasteiger partial charge in [-0.15, -0.1) is 0 Å². The Labute approximate surface area is 88.6 Å². The van der Waals surface area contributed by atoms with Gasteiger partial charge in [-0.25, -0.2) is 0 Å². The molecule has 4 heteroatoms. The quantitative estimate of drug-likeness (QED) is 0.831. The summed E-state index contributed by atoms with van der Waals surface area (Å²) in [6.45, 7) is 5.15. The average Bonchev–Trinajstić information content (AvgIpc) is 2.72. The number of hydrogen-bond acceptors (Lipinski definition) is 4. The Balaban J connectivity index is 1.85. The van der Waals surface area contributed by atoms with Gasteiger partial charge in [0.25, 0.3) is 0 Å². The number of nitrogens with one attached hydrogen (secondary N) is 1. The average molecular weight is 212 g/mol. The lowest BCUT2D eigenvalue weighted by molar-refractivity contribution is 0.413. The van der Waals surface area contributed by atoms with Crippen molar-refractivity contribution >= 4 is 11.8 Å². The summed E-state index contributed by atoms with van der Waals surface area (Å²) in [5.41, 5.74) is 2.17. The molecule has 78 valence electrons. The molecule has 0 aromatic carbocycles. The van der Waals surface area contributed by atoms with E-state index in [2.05, 4.69) is 17.4 Å². The second-order valence-corrected chi connectivity index (χ2v) is 5.26. The first-order valence-electron chi connectivity index (χ1n) is 5.02. The zero-order valence-corrected chi connectivity index (χ0v) is 9.43. The van der Waals surface area contributed by atoms with Crippen molar-refractivity contribution in [3.05, 3.63) is 17.5 Å². The number of aryl methyl sites for hydroxylation is 1. The van der Waals surface area contributed by atoms with E-state index in [9.17, 15) is 0 Å². The van der Waals surface area contributed by atoms with Crippen LogP contribution in [0.3, 0.4) is 0 Å². The molecule has 3 nitrogen and oxygen atoms in total. The zero-order valence-electron chi connectivity index (χ0n) is 8.62. The number of nitrogens with zero attached hydrogens (tertiary/aromatic N) is 1. The predicted octanol–water partition coefficient (Wildman–Crippen LogP) is 1.97. The SMILES string of the molecule is Cc1nocc1CNC1CCSC1C. The maximum Gasteiger partial charge on any atom is 0.128 e. The molecule has 0 aliphatic carbocycles. The largest absolute Gasteiger partial charge is 0.364 e. The highest BCUT2D eigenvalue weighted by Gasteiger charge is 2.23. The number of aromatic nitrogens is 1. The minimum absolute atomic E-state index is 0.647. The molecule has 1 fully saturated rings. The predicted molar refractivity (Wildman–Crippen MR) is 58.4 cm³/mol. The highest BCUT2D eigenvalue weighted by Crippen LogP contribution is 2.26. The first-order chi connectivity index (χ1) is 6.77. The van der Waals surface area contributed by atoms with E-state index in [1.165, 1.54) is 17.7 Å². The minimum Gasteiger partial charge on any atom is -0.364 e. The molecule has 2 rings (SSSR count). The highest BCUT2D eigenvalue weighted by atomic mass is 32.2. The first-order valence-corrected chi connectivity index (χ1v) is 6.07. The molecule has 1 aromatic heterocycles. The lowest BCUT2D eigenvalue weighted by Crippen LogP contribution is -2.32. The van der Waals surface area contributed by atoms with Gasteiger partial charge in [0.15, 0.2) is 0 Å². The Bertz CT molecular complexity index is 300. The molecule has 1 aliphatic heterocycles. The van der Waals surface area contributed by atoms with Crippen molar-refractivity contribution in [3.8, 4) is 0 Å². The minimum atomic E-state index is 0.647. The molecular weight excluding hydrogens is 196 g/mol. The molecule has 0 bridgehead atoms. The Hall–Kier alpha value is -0.480. The summed E-state index contributed by atoms with van der Waals surface area (Å²) in [6.07, 6.45) is 3.01. The van der Waals surface area contributed by atoms with Crippen LogP contribution in [-0.4, -0.2) is 22.2 Å². The van der Waals surface area contributed by atoms with Crippen LogP contribution in [0.25, 0.3) is 0 Å². The fraction of sp³-hybridized carbons (Fsp3) is 0.700. The van der Waals surface area contributed by atoms with Crippen LogP contribution in [-0.2, 0) is 6.54 Å². The summed E-state index contributed by atoms with van der Waals surface area (Å²) in [5.74, 6) is 1.28. The molecule has 2 heterocycles. The van der Waals surface area contributed by atoms with Crippen molar-refractivity contribution in [2.24, 2.45) is 0 Å². The smallest absolute Gasteiger partial charge is 0.128 e. The van der Waals surface area contributed by atoms with Crippen molar-refractivity contribution in [2.75, 3.05) is 5.75 Å². The molecule has 0 radical (unpaired) electrons. The van der Waals surface area contributed by atoms with E-state index in [-0.39, 0.29) is 0 Å². The van der Waals surface area contributed by atoms with Gasteiger partial charge in [-0.2, -0.15) is 11.8 Å². The number of thioether (sulfide) groups is 1. The summed E-state index contributed by atoms with van der Waals surface area (Å²) in [5, 5.41) is 8.15. The second kappa shape index (κ2) is 4.36. The van der Waals surface area contributed by atoms with Gasteiger partial charge >= 0.3 is 0 Å². The van der Waals surface area contributed by atoms with Crippen LogP contribution < -0.4 is 5.32 Å². The van der Waals surface area contributed by atoms with Gasteiger partial charge in [0.05, 0.1) is 5.69 Å². The van der Waals surface area contributed by atoms with Crippen LogP contribution >= 0.6 is 11.8 Å². The standard InChI is InChI=1S/C10H16N2OS/c1-7-9(6-13-12-7)5-11-10-3-4-14-8(10)2/h6,8,10-11H,3-5H2,1-2H3. The number of rotatable bonds is 3. The number of hydrogen-bond donors (Lipinski definition) is 1. The molecule has 2 unspecified atom stereocenters. The van der Waals surface area contributed by atoms with E-state index in [0.29, 0.717) is 6.04 Å². The van der Waals surface area contributed by atoms with Crippen LogP contribution in [0.15, 0.2) is 10.8 Å². The lowest BCUT2D eigenvalue weighted by Gasteiger charge is -2.15. The first kappa shape index (κ1) is 10.1. The molecule has 0 spiro atoms. The van der Waals surface area contributed by atoms with E-state index in [1.807, 2.05) is 18.7 Å². The summed E-state index contributed by atoms with van der Waals surface area (Å²) in [6, 6.07) is 0.647. The molecule has 14 heavy (non-hydrogen) atoms. The topological polar surface area (TPSA) is 38.1 Å². The van der Waals surface area contributed by atoms with Crippen LogP contribution in [0, 0.1) is 6.92 Å². The van der Waals surface area contributed by atoms with Gasteiger partial charge in [-0.05, 0) is 19.1 Å².